The number of aromatic nitrogens is 2. The summed E-state index contributed by atoms with van der Waals surface area (Å²) in [5.74, 6) is 0.189. The second-order valence-corrected chi connectivity index (χ2v) is 6.81. The van der Waals surface area contributed by atoms with E-state index in [1.165, 1.54) is 45.6 Å². The summed E-state index contributed by atoms with van der Waals surface area (Å²) in [5.41, 5.74) is -0.319. The van der Waals surface area contributed by atoms with Gasteiger partial charge in [-0.15, -0.1) is 0 Å². The highest BCUT2D eigenvalue weighted by atomic mass is 35.5. The highest BCUT2D eigenvalue weighted by Gasteiger charge is 2.27. The van der Waals surface area contributed by atoms with Crippen LogP contribution in [0, 0.1) is 12.7 Å². The molecule has 0 unspecified atom stereocenters. The zero-order chi connectivity index (χ0) is 22.3. The molecule has 0 spiro atoms. The molecule has 2 aromatic carbocycles. The number of rotatable bonds is 5. The third-order valence-corrected chi connectivity index (χ3v) is 5.02. The normalized spacial score (nSPS) is 11.0. The molecule has 2 heterocycles. The van der Waals surface area contributed by atoms with E-state index in [0.29, 0.717) is 0 Å². The number of benzene rings is 2. The van der Waals surface area contributed by atoms with E-state index in [1.54, 1.807) is 6.92 Å². The SMILES string of the molecule is COc1cc2c(=O)oc(-c3c(-c4c(F)cccc4Cl)noc3C)nc2c(OC)c1OC. The van der Waals surface area contributed by atoms with Crippen LogP contribution in [-0.2, 0) is 0 Å². The van der Waals surface area contributed by atoms with Gasteiger partial charge in [-0.3, -0.25) is 0 Å². The molecule has 31 heavy (non-hydrogen) atoms. The monoisotopic (exact) mass is 446 g/mol. The van der Waals surface area contributed by atoms with E-state index in [9.17, 15) is 9.18 Å². The van der Waals surface area contributed by atoms with Gasteiger partial charge >= 0.3 is 5.63 Å². The molecule has 8 nitrogen and oxygen atoms in total. The minimum absolute atomic E-state index is 0.000149. The maximum atomic E-state index is 14.5. The number of nitrogens with zero attached hydrogens (tertiary/aromatic N) is 2. The van der Waals surface area contributed by atoms with Crippen LogP contribution >= 0.6 is 11.6 Å². The molecule has 0 bridgehead atoms. The van der Waals surface area contributed by atoms with Crippen LogP contribution in [0.3, 0.4) is 0 Å². The number of hydrogen-bond acceptors (Lipinski definition) is 8. The minimum atomic E-state index is -0.717. The van der Waals surface area contributed by atoms with Gasteiger partial charge in [-0.2, -0.15) is 0 Å². The molecule has 0 saturated heterocycles. The fourth-order valence-electron chi connectivity index (χ4n) is 3.30. The van der Waals surface area contributed by atoms with E-state index in [0.717, 1.165) is 0 Å². The van der Waals surface area contributed by atoms with E-state index >= 15 is 0 Å². The van der Waals surface area contributed by atoms with Crippen LogP contribution in [0.5, 0.6) is 17.2 Å². The second kappa shape index (κ2) is 7.92. The Morgan fingerprint density at radius 1 is 1.06 bits per heavy atom. The standard InChI is InChI=1S/C21H16ClFN2O6/c1-9-14(17(25-31-9)15-11(22)6-5-7-12(15)23)20-24-16-10(21(26)30-20)8-13(27-2)18(28-3)19(16)29-4/h5-8H,1-4H3. The van der Waals surface area contributed by atoms with Gasteiger partial charge in [0.25, 0.3) is 0 Å². The molecule has 10 heteroatoms. The first-order valence-electron chi connectivity index (χ1n) is 8.96. The molecule has 0 atom stereocenters. The number of fused-ring (bicyclic) bond motifs is 1. The molecule has 0 aliphatic heterocycles. The van der Waals surface area contributed by atoms with Crippen molar-refractivity contribution in [3.8, 4) is 40.0 Å². The lowest BCUT2D eigenvalue weighted by atomic mass is 10.1. The summed E-state index contributed by atoms with van der Waals surface area (Å²) in [6, 6.07) is 5.65. The Morgan fingerprint density at radius 3 is 2.45 bits per heavy atom. The molecule has 160 valence electrons. The van der Waals surface area contributed by atoms with Gasteiger partial charge in [0.2, 0.25) is 11.6 Å². The summed E-state index contributed by atoms with van der Waals surface area (Å²) in [6.45, 7) is 1.58. The lowest BCUT2D eigenvalue weighted by Gasteiger charge is -2.14. The van der Waals surface area contributed by atoms with E-state index < -0.39 is 11.4 Å². The molecule has 0 aliphatic rings. The van der Waals surface area contributed by atoms with Crippen LogP contribution in [0.4, 0.5) is 4.39 Å². The van der Waals surface area contributed by atoms with Crippen LogP contribution in [-0.4, -0.2) is 31.5 Å². The maximum Gasteiger partial charge on any atom is 0.347 e. The fourth-order valence-corrected chi connectivity index (χ4v) is 3.55. The lowest BCUT2D eigenvalue weighted by Crippen LogP contribution is -2.07. The Balaban J connectivity index is 2.06. The van der Waals surface area contributed by atoms with Crippen molar-refractivity contribution in [3.63, 3.8) is 0 Å². The molecule has 0 radical (unpaired) electrons. The summed E-state index contributed by atoms with van der Waals surface area (Å²) in [6.07, 6.45) is 0. The molecule has 0 saturated carbocycles. The average molecular weight is 447 g/mol. The quantitative estimate of drug-likeness (QED) is 0.437. The summed E-state index contributed by atoms with van der Waals surface area (Å²) in [5, 5.41) is 4.14. The summed E-state index contributed by atoms with van der Waals surface area (Å²) in [4.78, 5) is 17.3. The Labute approximate surface area is 180 Å². The van der Waals surface area contributed by atoms with E-state index in [2.05, 4.69) is 10.1 Å². The molecule has 2 aromatic heterocycles. The summed E-state index contributed by atoms with van der Waals surface area (Å²) >= 11 is 6.19. The van der Waals surface area contributed by atoms with Gasteiger partial charge in [-0.05, 0) is 19.1 Å². The van der Waals surface area contributed by atoms with Crippen LogP contribution in [0.2, 0.25) is 5.02 Å². The van der Waals surface area contributed by atoms with Gasteiger partial charge in [0.05, 0.1) is 37.3 Å². The predicted molar refractivity (Wildman–Crippen MR) is 111 cm³/mol. The Bertz CT molecular complexity index is 1340. The van der Waals surface area contributed by atoms with Gasteiger partial charge < -0.3 is 23.2 Å². The van der Waals surface area contributed by atoms with Crippen molar-refractivity contribution >= 4 is 22.5 Å². The van der Waals surface area contributed by atoms with Gasteiger partial charge in [-0.25, -0.2) is 14.2 Å². The van der Waals surface area contributed by atoms with Crippen molar-refractivity contribution in [1.82, 2.24) is 10.1 Å². The molecular weight excluding hydrogens is 431 g/mol. The lowest BCUT2D eigenvalue weighted by molar-refractivity contribution is 0.326. The summed E-state index contributed by atoms with van der Waals surface area (Å²) < 4.78 is 41.3. The number of ether oxygens (including phenoxy) is 3. The zero-order valence-corrected chi connectivity index (χ0v) is 17.7. The van der Waals surface area contributed by atoms with Crippen molar-refractivity contribution in [1.29, 1.82) is 0 Å². The molecular formula is C21H16ClFN2O6. The predicted octanol–water partition coefficient (Wildman–Crippen LogP) is 4.64. The Kier molecular flexibility index (Phi) is 5.28. The van der Waals surface area contributed by atoms with Crippen molar-refractivity contribution in [2.45, 2.75) is 6.92 Å². The van der Waals surface area contributed by atoms with Gasteiger partial charge in [0.1, 0.15) is 28.4 Å². The summed E-state index contributed by atoms with van der Waals surface area (Å²) in [7, 11) is 4.26. The average Bonchev–Trinajstić information content (AvgIpc) is 3.13. The van der Waals surface area contributed by atoms with Crippen LogP contribution in [0.1, 0.15) is 5.76 Å². The van der Waals surface area contributed by atoms with Crippen LogP contribution in [0.25, 0.3) is 33.6 Å². The number of aryl methyl sites for hydroxylation is 1. The Hall–Kier alpha value is -3.59. The first-order valence-corrected chi connectivity index (χ1v) is 9.33. The van der Waals surface area contributed by atoms with E-state index in [-0.39, 0.29) is 61.6 Å². The molecule has 0 N–H and O–H groups in total. The second-order valence-electron chi connectivity index (χ2n) is 6.41. The third-order valence-electron chi connectivity index (χ3n) is 4.70. The van der Waals surface area contributed by atoms with E-state index in [4.69, 9.17) is 34.8 Å². The van der Waals surface area contributed by atoms with Crippen molar-refractivity contribution in [3.05, 3.63) is 51.3 Å². The van der Waals surface area contributed by atoms with Crippen LogP contribution < -0.4 is 19.8 Å². The van der Waals surface area contributed by atoms with Gasteiger partial charge in [0, 0.05) is 6.07 Å². The fraction of sp³-hybridized carbons (Fsp3) is 0.190. The number of hydrogen-bond donors (Lipinski definition) is 0. The van der Waals surface area contributed by atoms with Gasteiger partial charge in [0.15, 0.2) is 11.5 Å². The largest absolute Gasteiger partial charge is 0.493 e. The van der Waals surface area contributed by atoms with E-state index in [1.807, 2.05) is 0 Å². The smallest absolute Gasteiger partial charge is 0.347 e. The van der Waals surface area contributed by atoms with Crippen molar-refractivity contribution in [2.24, 2.45) is 0 Å². The van der Waals surface area contributed by atoms with Crippen molar-refractivity contribution < 1.29 is 27.5 Å². The van der Waals surface area contributed by atoms with Crippen LogP contribution in [0.15, 0.2) is 38.0 Å². The molecule has 0 fully saturated rings. The molecule has 0 aliphatic carbocycles. The topological polar surface area (TPSA) is 96.8 Å². The third kappa shape index (κ3) is 3.27. The minimum Gasteiger partial charge on any atom is -0.493 e. The highest BCUT2D eigenvalue weighted by Crippen LogP contribution is 2.43. The maximum absolute atomic E-state index is 14.5. The van der Waals surface area contributed by atoms with Gasteiger partial charge in [-0.1, -0.05) is 22.8 Å². The first kappa shape index (κ1) is 20.7. The molecule has 4 aromatic rings. The zero-order valence-electron chi connectivity index (χ0n) is 16.9. The highest BCUT2D eigenvalue weighted by molar-refractivity contribution is 6.33. The number of methoxy groups -OCH3 is 3. The first-order chi connectivity index (χ1) is 14.9. The molecule has 4 rings (SSSR count). The molecule has 0 amide bonds. The number of halogens is 2. The Morgan fingerprint density at radius 2 is 1.81 bits per heavy atom. The van der Waals surface area contributed by atoms with Crippen molar-refractivity contribution in [2.75, 3.05) is 21.3 Å².